The molecule has 15 heavy (non-hydrogen) atoms. The van der Waals surface area contributed by atoms with Gasteiger partial charge in [-0.05, 0) is 18.6 Å². The Hall–Kier alpha value is -0.760. The SMILES string of the molecule is CCCCC(C)C(=O)Sc1ccccc1. The standard InChI is InChI=1S/C13H18OS/c1-3-4-8-11(2)13(14)15-12-9-6-5-7-10-12/h5-7,9-11H,3-4,8H2,1-2H3. The lowest BCUT2D eigenvalue weighted by molar-refractivity contribution is -0.114. The van der Waals surface area contributed by atoms with Crippen LogP contribution in [0, 0.1) is 5.92 Å². The summed E-state index contributed by atoms with van der Waals surface area (Å²) in [7, 11) is 0. The van der Waals surface area contributed by atoms with Crippen LogP contribution in [0.15, 0.2) is 35.2 Å². The van der Waals surface area contributed by atoms with E-state index in [0.29, 0.717) is 0 Å². The summed E-state index contributed by atoms with van der Waals surface area (Å²) >= 11 is 1.36. The Morgan fingerprint density at radius 2 is 2.00 bits per heavy atom. The zero-order valence-corrected chi connectivity index (χ0v) is 10.2. The van der Waals surface area contributed by atoms with Crippen LogP contribution >= 0.6 is 11.8 Å². The molecule has 0 bridgehead atoms. The highest BCUT2D eigenvalue weighted by Crippen LogP contribution is 2.24. The molecule has 1 unspecified atom stereocenters. The fraction of sp³-hybridized carbons (Fsp3) is 0.462. The molecule has 0 fully saturated rings. The highest BCUT2D eigenvalue weighted by Gasteiger charge is 2.13. The van der Waals surface area contributed by atoms with Gasteiger partial charge in [-0.25, -0.2) is 0 Å². The topological polar surface area (TPSA) is 17.1 Å². The van der Waals surface area contributed by atoms with Crippen LogP contribution in [0.4, 0.5) is 0 Å². The predicted octanol–water partition coefficient (Wildman–Crippen LogP) is 4.13. The van der Waals surface area contributed by atoms with E-state index in [1.54, 1.807) is 0 Å². The fourth-order valence-electron chi connectivity index (χ4n) is 1.33. The summed E-state index contributed by atoms with van der Waals surface area (Å²) in [5, 5.41) is 0.287. The van der Waals surface area contributed by atoms with Crippen LogP contribution in [-0.4, -0.2) is 5.12 Å². The van der Waals surface area contributed by atoms with Gasteiger partial charge in [0.2, 0.25) is 0 Å². The number of carbonyl (C=O) groups is 1. The van der Waals surface area contributed by atoms with Crippen molar-refractivity contribution in [2.45, 2.75) is 38.0 Å². The number of thioether (sulfide) groups is 1. The monoisotopic (exact) mass is 222 g/mol. The average molecular weight is 222 g/mol. The van der Waals surface area contributed by atoms with Crippen molar-refractivity contribution in [3.05, 3.63) is 30.3 Å². The van der Waals surface area contributed by atoms with Crippen molar-refractivity contribution >= 4 is 16.9 Å². The average Bonchev–Trinajstić information content (AvgIpc) is 2.27. The second-order valence-corrected chi connectivity index (χ2v) is 4.86. The molecule has 0 N–H and O–H groups in total. The van der Waals surface area contributed by atoms with Crippen molar-refractivity contribution in [1.82, 2.24) is 0 Å². The van der Waals surface area contributed by atoms with E-state index in [9.17, 15) is 4.79 Å². The molecule has 0 saturated carbocycles. The van der Waals surface area contributed by atoms with E-state index in [2.05, 4.69) is 6.92 Å². The van der Waals surface area contributed by atoms with Gasteiger partial charge in [0.05, 0.1) is 0 Å². The molecule has 1 nitrogen and oxygen atoms in total. The van der Waals surface area contributed by atoms with E-state index in [-0.39, 0.29) is 11.0 Å². The molecule has 82 valence electrons. The Balaban J connectivity index is 2.42. The molecule has 1 aromatic carbocycles. The van der Waals surface area contributed by atoms with E-state index in [1.165, 1.54) is 11.8 Å². The summed E-state index contributed by atoms with van der Waals surface area (Å²) in [5.41, 5.74) is 0. The first-order valence-electron chi connectivity index (χ1n) is 5.50. The van der Waals surface area contributed by atoms with Gasteiger partial charge in [-0.2, -0.15) is 0 Å². The normalized spacial score (nSPS) is 12.4. The molecule has 1 aromatic rings. The summed E-state index contributed by atoms with van der Waals surface area (Å²) in [4.78, 5) is 12.8. The van der Waals surface area contributed by atoms with Crippen LogP contribution in [0.2, 0.25) is 0 Å². The lowest BCUT2D eigenvalue weighted by Gasteiger charge is -2.08. The zero-order valence-electron chi connectivity index (χ0n) is 9.40. The summed E-state index contributed by atoms with van der Waals surface area (Å²) in [6.45, 7) is 4.18. The Labute approximate surface area is 96.3 Å². The molecule has 1 rings (SSSR count). The Kier molecular flexibility index (Phi) is 5.48. The van der Waals surface area contributed by atoms with Crippen LogP contribution in [0.5, 0.6) is 0 Å². The van der Waals surface area contributed by atoms with Gasteiger partial charge in [0, 0.05) is 10.8 Å². The van der Waals surface area contributed by atoms with Gasteiger partial charge >= 0.3 is 0 Å². The molecule has 0 aliphatic carbocycles. The number of benzene rings is 1. The Bertz CT molecular complexity index is 295. The van der Waals surface area contributed by atoms with Gasteiger partial charge in [-0.15, -0.1) is 0 Å². The first-order valence-corrected chi connectivity index (χ1v) is 6.32. The number of hydrogen-bond acceptors (Lipinski definition) is 2. The van der Waals surface area contributed by atoms with Crippen molar-refractivity contribution in [3.63, 3.8) is 0 Å². The van der Waals surface area contributed by atoms with Crippen molar-refractivity contribution in [1.29, 1.82) is 0 Å². The lowest BCUT2D eigenvalue weighted by Crippen LogP contribution is -2.06. The molecule has 0 aliphatic heterocycles. The number of unbranched alkanes of at least 4 members (excludes halogenated alkanes) is 1. The van der Waals surface area contributed by atoms with E-state index in [4.69, 9.17) is 0 Å². The third-order valence-electron chi connectivity index (χ3n) is 2.35. The Morgan fingerprint density at radius 3 is 2.60 bits per heavy atom. The smallest absolute Gasteiger partial charge is 0.196 e. The van der Waals surface area contributed by atoms with E-state index in [0.717, 1.165) is 24.2 Å². The van der Waals surface area contributed by atoms with Crippen LogP contribution in [0.1, 0.15) is 33.1 Å². The van der Waals surface area contributed by atoms with E-state index < -0.39 is 0 Å². The van der Waals surface area contributed by atoms with Gasteiger partial charge in [0.15, 0.2) is 5.12 Å². The number of rotatable bonds is 5. The largest absolute Gasteiger partial charge is 0.287 e. The number of hydrogen-bond donors (Lipinski definition) is 0. The molecule has 0 heterocycles. The molecule has 0 spiro atoms. The lowest BCUT2D eigenvalue weighted by atomic mass is 10.1. The second-order valence-electron chi connectivity index (χ2n) is 3.78. The Morgan fingerprint density at radius 1 is 1.33 bits per heavy atom. The highest BCUT2D eigenvalue weighted by atomic mass is 32.2. The van der Waals surface area contributed by atoms with Crippen LogP contribution in [0.25, 0.3) is 0 Å². The summed E-state index contributed by atoms with van der Waals surface area (Å²) in [6, 6.07) is 9.86. The minimum atomic E-state index is 0.176. The van der Waals surface area contributed by atoms with Crippen LogP contribution < -0.4 is 0 Å². The molecular formula is C13H18OS. The van der Waals surface area contributed by atoms with Crippen LogP contribution in [-0.2, 0) is 4.79 Å². The van der Waals surface area contributed by atoms with E-state index in [1.807, 2.05) is 37.3 Å². The molecular weight excluding hydrogens is 204 g/mol. The maximum absolute atomic E-state index is 11.8. The molecule has 0 radical (unpaired) electrons. The van der Waals surface area contributed by atoms with Crippen molar-refractivity contribution < 1.29 is 4.79 Å². The van der Waals surface area contributed by atoms with Gasteiger partial charge < -0.3 is 0 Å². The first kappa shape index (κ1) is 12.3. The first-order chi connectivity index (χ1) is 7.24. The molecule has 2 heteroatoms. The van der Waals surface area contributed by atoms with Crippen LogP contribution in [0.3, 0.4) is 0 Å². The van der Waals surface area contributed by atoms with Gasteiger partial charge in [0.25, 0.3) is 0 Å². The van der Waals surface area contributed by atoms with Gasteiger partial charge in [0.1, 0.15) is 0 Å². The molecule has 0 amide bonds. The third kappa shape index (κ3) is 4.52. The summed E-state index contributed by atoms with van der Waals surface area (Å²) < 4.78 is 0. The van der Waals surface area contributed by atoms with Gasteiger partial charge in [-0.1, -0.05) is 56.7 Å². The van der Waals surface area contributed by atoms with Crippen molar-refractivity contribution in [2.75, 3.05) is 0 Å². The zero-order chi connectivity index (χ0) is 11.1. The third-order valence-corrected chi connectivity index (χ3v) is 3.47. The highest BCUT2D eigenvalue weighted by molar-refractivity contribution is 8.13. The van der Waals surface area contributed by atoms with E-state index >= 15 is 0 Å². The molecule has 1 atom stereocenters. The maximum Gasteiger partial charge on any atom is 0.196 e. The summed E-state index contributed by atoms with van der Waals surface area (Å²) in [5.74, 6) is 0.176. The van der Waals surface area contributed by atoms with Gasteiger partial charge in [-0.3, -0.25) is 4.79 Å². The fourth-order valence-corrected chi connectivity index (χ4v) is 2.18. The molecule has 0 aromatic heterocycles. The van der Waals surface area contributed by atoms with Crippen molar-refractivity contribution in [3.8, 4) is 0 Å². The quantitative estimate of drug-likeness (QED) is 0.697. The number of carbonyl (C=O) groups excluding carboxylic acids is 1. The molecule has 0 aliphatic rings. The minimum Gasteiger partial charge on any atom is -0.287 e. The summed E-state index contributed by atoms with van der Waals surface area (Å²) in [6.07, 6.45) is 3.31. The van der Waals surface area contributed by atoms with Crippen molar-refractivity contribution in [2.24, 2.45) is 5.92 Å². The minimum absolute atomic E-state index is 0.176. The second kappa shape index (κ2) is 6.67. The predicted molar refractivity (Wildman–Crippen MR) is 66.0 cm³/mol. The maximum atomic E-state index is 11.8. The molecule has 0 saturated heterocycles.